The van der Waals surface area contributed by atoms with Crippen LogP contribution in [0.15, 0.2) is 60.0 Å². The molecule has 2 aromatic carbocycles. The quantitative estimate of drug-likeness (QED) is 0.499. The van der Waals surface area contributed by atoms with Crippen molar-refractivity contribution in [2.45, 2.75) is 19.0 Å². The Hall–Kier alpha value is -2.81. The molecule has 1 fully saturated rings. The highest BCUT2D eigenvalue weighted by Gasteiger charge is 2.23. The number of anilines is 1. The number of nitrogens with zero attached hydrogens (tertiary/aromatic N) is 4. The summed E-state index contributed by atoms with van der Waals surface area (Å²) in [6.45, 7) is 6.97. The van der Waals surface area contributed by atoms with E-state index in [1.807, 2.05) is 27.8 Å². The lowest BCUT2D eigenvalue weighted by molar-refractivity contribution is -0.130. The summed E-state index contributed by atoms with van der Waals surface area (Å²) in [6.07, 6.45) is 3.68. The number of thioether (sulfide) groups is 1. The Morgan fingerprint density at radius 1 is 1.06 bits per heavy atom. The Morgan fingerprint density at radius 2 is 1.82 bits per heavy atom. The lowest BCUT2D eigenvalue weighted by atomic mass is 10.1. The number of carbonyl (C=O) groups excluding carboxylic acids is 2. The van der Waals surface area contributed by atoms with Crippen molar-refractivity contribution < 1.29 is 9.59 Å². The van der Waals surface area contributed by atoms with Crippen molar-refractivity contribution in [1.82, 2.24) is 19.4 Å². The molecule has 2 amide bonds. The third kappa shape index (κ3) is 6.00. The van der Waals surface area contributed by atoms with Gasteiger partial charge in [0.15, 0.2) is 5.16 Å². The van der Waals surface area contributed by atoms with E-state index in [-0.39, 0.29) is 18.4 Å². The molecule has 1 N–H and O–H groups in total. The number of para-hydroxylation sites is 1. The number of amides is 2. The molecule has 1 aromatic heterocycles. The van der Waals surface area contributed by atoms with Crippen LogP contribution in [0.4, 0.5) is 5.69 Å². The molecule has 7 nitrogen and oxygen atoms in total. The van der Waals surface area contributed by atoms with Gasteiger partial charge >= 0.3 is 0 Å². The fourth-order valence-electron chi connectivity index (χ4n) is 3.80. The Bertz CT molecular complexity index is 1170. The zero-order chi connectivity index (χ0) is 24.1. The Labute approximate surface area is 209 Å². The van der Waals surface area contributed by atoms with Gasteiger partial charge in [0.2, 0.25) is 11.8 Å². The molecular formula is C25H28ClN5O2S. The highest BCUT2D eigenvalue weighted by atomic mass is 35.5. The topological polar surface area (TPSA) is 70.5 Å². The molecule has 0 bridgehead atoms. The summed E-state index contributed by atoms with van der Waals surface area (Å²) < 4.78 is 2.01. The summed E-state index contributed by atoms with van der Waals surface area (Å²) in [7, 11) is 0. The minimum absolute atomic E-state index is 0.0832. The summed E-state index contributed by atoms with van der Waals surface area (Å²) in [5.74, 6) is 0.302. The number of halogens is 1. The van der Waals surface area contributed by atoms with Crippen LogP contribution in [0.3, 0.4) is 0 Å². The van der Waals surface area contributed by atoms with E-state index in [4.69, 9.17) is 11.6 Å². The fraction of sp³-hybridized carbons (Fsp3) is 0.320. The lowest BCUT2D eigenvalue weighted by Crippen LogP contribution is -2.50. The van der Waals surface area contributed by atoms with Crippen LogP contribution in [-0.2, 0) is 9.59 Å². The van der Waals surface area contributed by atoms with E-state index >= 15 is 0 Å². The van der Waals surface area contributed by atoms with Crippen molar-refractivity contribution in [2.24, 2.45) is 0 Å². The minimum atomic E-state index is -0.110. The van der Waals surface area contributed by atoms with Gasteiger partial charge in [-0.2, -0.15) is 0 Å². The van der Waals surface area contributed by atoms with Crippen LogP contribution in [0.5, 0.6) is 0 Å². The van der Waals surface area contributed by atoms with Crippen LogP contribution in [0, 0.1) is 13.8 Å². The second-order valence-electron chi connectivity index (χ2n) is 8.32. The average molecular weight is 498 g/mol. The summed E-state index contributed by atoms with van der Waals surface area (Å²) in [6, 6.07) is 13.5. The molecular weight excluding hydrogens is 470 g/mol. The van der Waals surface area contributed by atoms with Gasteiger partial charge in [0.25, 0.3) is 0 Å². The molecule has 3 aromatic rings. The maximum Gasteiger partial charge on any atom is 0.238 e. The first-order valence-electron chi connectivity index (χ1n) is 11.2. The van der Waals surface area contributed by atoms with Gasteiger partial charge in [-0.1, -0.05) is 41.6 Å². The molecule has 1 aliphatic rings. The van der Waals surface area contributed by atoms with Gasteiger partial charge in [0, 0.05) is 44.3 Å². The molecule has 178 valence electrons. The maximum atomic E-state index is 12.8. The number of imidazole rings is 1. The smallest absolute Gasteiger partial charge is 0.238 e. The number of piperazine rings is 1. The summed E-state index contributed by atoms with van der Waals surface area (Å²) in [5, 5.41) is 4.16. The largest absolute Gasteiger partial charge is 0.339 e. The Balaban J connectivity index is 1.25. The van der Waals surface area contributed by atoms with E-state index in [1.54, 1.807) is 18.3 Å². The standard InChI is InChI=1S/C25H28ClN5O2S/c1-18-7-8-20(15-19(18)2)31-10-9-27-25(31)34-17-24(33)30-13-11-29(12-14-30)16-23(32)28-22-6-4-3-5-21(22)26/h3-10,15H,11-14,16-17H2,1-2H3,(H,28,32). The van der Waals surface area contributed by atoms with Crippen LogP contribution in [0.2, 0.25) is 5.02 Å². The van der Waals surface area contributed by atoms with Crippen LogP contribution in [-0.4, -0.2) is 69.6 Å². The van der Waals surface area contributed by atoms with Gasteiger partial charge in [-0.3, -0.25) is 19.1 Å². The van der Waals surface area contributed by atoms with E-state index in [0.29, 0.717) is 42.6 Å². The highest BCUT2D eigenvalue weighted by Crippen LogP contribution is 2.23. The van der Waals surface area contributed by atoms with Gasteiger partial charge in [-0.25, -0.2) is 4.98 Å². The molecule has 0 spiro atoms. The normalized spacial score (nSPS) is 14.3. The first kappa shape index (κ1) is 24.3. The van der Waals surface area contributed by atoms with Crippen molar-refractivity contribution >= 4 is 40.9 Å². The second kappa shape index (κ2) is 11.1. The van der Waals surface area contributed by atoms with E-state index < -0.39 is 0 Å². The van der Waals surface area contributed by atoms with E-state index in [0.717, 1.165) is 10.8 Å². The molecule has 0 saturated carbocycles. The number of hydrogen-bond donors (Lipinski definition) is 1. The molecule has 0 radical (unpaired) electrons. The van der Waals surface area contributed by atoms with Gasteiger partial charge in [-0.15, -0.1) is 0 Å². The SMILES string of the molecule is Cc1ccc(-n2ccnc2SCC(=O)N2CCN(CC(=O)Nc3ccccc3Cl)CC2)cc1C. The van der Waals surface area contributed by atoms with Crippen molar-refractivity contribution in [1.29, 1.82) is 0 Å². The fourth-order valence-corrected chi connectivity index (χ4v) is 4.86. The van der Waals surface area contributed by atoms with Crippen molar-refractivity contribution in [2.75, 3.05) is 43.8 Å². The maximum absolute atomic E-state index is 12.8. The summed E-state index contributed by atoms with van der Waals surface area (Å²) in [4.78, 5) is 33.5. The molecule has 0 unspecified atom stereocenters. The zero-order valence-electron chi connectivity index (χ0n) is 19.3. The van der Waals surface area contributed by atoms with Crippen molar-refractivity contribution in [3.05, 3.63) is 71.0 Å². The third-order valence-electron chi connectivity index (χ3n) is 5.94. The van der Waals surface area contributed by atoms with Crippen LogP contribution in [0.1, 0.15) is 11.1 Å². The average Bonchev–Trinajstić information content (AvgIpc) is 3.30. The number of hydrogen-bond acceptors (Lipinski definition) is 5. The summed E-state index contributed by atoms with van der Waals surface area (Å²) >= 11 is 7.55. The van der Waals surface area contributed by atoms with Crippen LogP contribution < -0.4 is 5.32 Å². The molecule has 0 aliphatic carbocycles. The molecule has 9 heteroatoms. The Morgan fingerprint density at radius 3 is 2.56 bits per heavy atom. The number of aryl methyl sites for hydroxylation is 2. The van der Waals surface area contributed by atoms with Gasteiger partial charge in [-0.05, 0) is 49.2 Å². The molecule has 1 saturated heterocycles. The van der Waals surface area contributed by atoms with E-state index in [1.165, 1.54) is 22.9 Å². The Kier molecular flexibility index (Phi) is 7.92. The number of rotatable bonds is 7. The van der Waals surface area contributed by atoms with E-state index in [9.17, 15) is 9.59 Å². The zero-order valence-corrected chi connectivity index (χ0v) is 20.9. The van der Waals surface area contributed by atoms with E-state index in [2.05, 4.69) is 47.2 Å². The molecule has 0 atom stereocenters. The van der Waals surface area contributed by atoms with Crippen molar-refractivity contribution in [3.63, 3.8) is 0 Å². The summed E-state index contributed by atoms with van der Waals surface area (Å²) in [5.41, 5.74) is 4.11. The lowest BCUT2D eigenvalue weighted by Gasteiger charge is -2.34. The molecule has 34 heavy (non-hydrogen) atoms. The first-order chi connectivity index (χ1) is 16.4. The minimum Gasteiger partial charge on any atom is -0.339 e. The van der Waals surface area contributed by atoms with Crippen LogP contribution >= 0.6 is 23.4 Å². The second-order valence-corrected chi connectivity index (χ2v) is 9.67. The van der Waals surface area contributed by atoms with Gasteiger partial charge in [0.05, 0.1) is 23.0 Å². The third-order valence-corrected chi connectivity index (χ3v) is 7.22. The monoisotopic (exact) mass is 497 g/mol. The molecule has 4 rings (SSSR count). The highest BCUT2D eigenvalue weighted by molar-refractivity contribution is 7.99. The first-order valence-corrected chi connectivity index (χ1v) is 12.6. The predicted octanol–water partition coefficient (Wildman–Crippen LogP) is 4.02. The van der Waals surface area contributed by atoms with Gasteiger partial charge in [0.1, 0.15) is 0 Å². The molecule has 1 aliphatic heterocycles. The number of benzene rings is 2. The van der Waals surface area contributed by atoms with Gasteiger partial charge < -0.3 is 10.2 Å². The van der Waals surface area contributed by atoms with Crippen molar-refractivity contribution in [3.8, 4) is 5.69 Å². The number of carbonyl (C=O) groups is 2. The van der Waals surface area contributed by atoms with Crippen LogP contribution in [0.25, 0.3) is 5.69 Å². The number of aromatic nitrogens is 2. The predicted molar refractivity (Wildman–Crippen MR) is 137 cm³/mol. The number of nitrogens with one attached hydrogen (secondary N) is 1. The molecule has 2 heterocycles.